The molecule has 1 saturated heterocycles. The van der Waals surface area contributed by atoms with Crippen molar-refractivity contribution in [3.05, 3.63) is 64.8 Å². The highest BCUT2D eigenvalue weighted by Crippen LogP contribution is 2.30. The summed E-state index contributed by atoms with van der Waals surface area (Å²) in [6, 6.07) is 14.3. The average Bonchev–Trinajstić information content (AvgIpc) is 3.67. The van der Waals surface area contributed by atoms with Crippen LogP contribution in [0.2, 0.25) is 0 Å². The van der Waals surface area contributed by atoms with Crippen LogP contribution in [0.3, 0.4) is 0 Å². The molecule has 36 heavy (non-hydrogen) atoms. The van der Waals surface area contributed by atoms with Gasteiger partial charge in [-0.3, -0.25) is 9.36 Å². The van der Waals surface area contributed by atoms with Crippen molar-refractivity contribution in [1.82, 2.24) is 30.0 Å². The summed E-state index contributed by atoms with van der Waals surface area (Å²) in [4.78, 5) is 19.7. The number of nitrogens with one attached hydrogen (secondary N) is 1. The van der Waals surface area contributed by atoms with E-state index in [4.69, 9.17) is 4.42 Å². The van der Waals surface area contributed by atoms with Crippen LogP contribution in [-0.4, -0.2) is 56.2 Å². The second-order valence-electron chi connectivity index (χ2n) is 8.86. The lowest BCUT2D eigenvalue weighted by Crippen LogP contribution is -2.39. The number of para-hydroxylation sites is 1. The van der Waals surface area contributed by atoms with Crippen molar-refractivity contribution in [3.63, 3.8) is 0 Å². The van der Waals surface area contributed by atoms with Gasteiger partial charge in [0.05, 0.1) is 12.0 Å². The van der Waals surface area contributed by atoms with E-state index in [0.717, 1.165) is 28.8 Å². The van der Waals surface area contributed by atoms with E-state index < -0.39 is 0 Å². The Bertz CT molecular complexity index is 1250. The van der Waals surface area contributed by atoms with Gasteiger partial charge >= 0.3 is 0 Å². The molecule has 4 aromatic rings. The molecule has 0 spiro atoms. The third-order valence-electron chi connectivity index (χ3n) is 6.35. The minimum Gasteiger partial charge on any atom is -0.461 e. The first-order chi connectivity index (χ1) is 17.7. The van der Waals surface area contributed by atoms with Crippen molar-refractivity contribution in [1.29, 1.82) is 0 Å². The van der Waals surface area contributed by atoms with Gasteiger partial charge in [0.25, 0.3) is 5.91 Å². The molecule has 10 heteroatoms. The zero-order valence-corrected chi connectivity index (χ0v) is 21.9. The summed E-state index contributed by atoms with van der Waals surface area (Å²) >= 11 is 3.02. The number of nitrogens with zero attached hydrogens (tertiary/aromatic N) is 5. The van der Waals surface area contributed by atoms with Crippen LogP contribution in [-0.2, 0) is 5.75 Å². The van der Waals surface area contributed by atoms with E-state index in [9.17, 15) is 4.79 Å². The first kappa shape index (κ1) is 24.7. The lowest BCUT2D eigenvalue weighted by Gasteiger charge is -2.33. The zero-order valence-electron chi connectivity index (χ0n) is 20.3. The van der Waals surface area contributed by atoms with Crippen LogP contribution < -0.4 is 5.32 Å². The number of piperidine rings is 1. The van der Waals surface area contributed by atoms with Crippen LogP contribution in [0.15, 0.2) is 63.7 Å². The van der Waals surface area contributed by atoms with Crippen molar-refractivity contribution < 1.29 is 9.21 Å². The lowest BCUT2D eigenvalue weighted by atomic mass is 10.0. The lowest BCUT2D eigenvalue weighted by molar-refractivity contribution is 0.0944. The summed E-state index contributed by atoms with van der Waals surface area (Å²) in [5, 5.41) is 15.2. The maximum atomic E-state index is 12.6. The normalized spacial score (nSPS) is 16.3. The van der Waals surface area contributed by atoms with E-state index in [0.29, 0.717) is 35.6 Å². The van der Waals surface area contributed by atoms with Gasteiger partial charge in [0.2, 0.25) is 5.82 Å². The molecular weight excluding hydrogens is 492 g/mol. The number of thiazole rings is 1. The fourth-order valence-electron chi connectivity index (χ4n) is 4.41. The van der Waals surface area contributed by atoms with Crippen LogP contribution >= 0.6 is 23.1 Å². The number of likely N-dealkylation sites (tertiary alicyclic amines) is 1. The fraction of sp³-hybridized carbons (Fsp3) is 0.385. The Hall–Kier alpha value is -2.95. The van der Waals surface area contributed by atoms with Crippen LogP contribution in [0.1, 0.15) is 48.1 Å². The van der Waals surface area contributed by atoms with Gasteiger partial charge in [0.15, 0.2) is 10.9 Å². The Morgan fingerprint density at radius 1 is 1.19 bits per heavy atom. The third kappa shape index (κ3) is 5.88. The predicted molar refractivity (Wildman–Crippen MR) is 143 cm³/mol. The van der Waals surface area contributed by atoms with Crippen LogP contribution in [0.5, 0.6) is 0 Å². The molecule has 4 heterocycles. The Morgan fingerprint density at radius 3 is 2.89 bits per heavy atom. The Kier molecular flexibility index (Phi) is 8.15. The quantitative estimate of drug-likeness (QED) is 0.224. The average molecular weight is 523 g/mol. The largest absolute Gasteiger partial charge is 0.461 e. The number of rotatable bonds is 10. The summed E-state index contributed by atoms with van der Waals surface area (Å²) in [5.41, 5.74) is 1.43. The topological polar surface area (TPSA) is 89.1 Å². The number of carbonyl (C=O) groups is 1. The number of amides is 1. The van der Waals surface area contributed by atoms with E-state index >= 15 is 0 Å². The van der Waals surface area contributed by atoms with Gasteiger partial charge < -0.3 is 14.6 Å². The molecule has 0 saturated carbocycles. The Balaban J connectivity index is 1.18. The van der Waals surface area contributed by atoms with Crippen molar-refractivity contribution in [2.24, 2.45) is 0 Å². The first-order valence-electron chi connectivity index (χ1n) is 12.3. The first-order valence-corrected chi connectivity index (χ1v) is 14.2. The molecule has 1 amide bonds. The van der Waals surface area contributed by atoms with Crippen LogP contribution in [0.4, 0.5) is 0 Å². The van der Waals surface area contributed by atoms with Crippen molar-refractivity contribution in [3.8, 4) is 17.3 Å². The molecule has 1 fully saturated rings. The monoisotopic (exact) mass is 522 g/mol. The highest BCUT2D eigenvalue weighted by Gasteiger charge is 2.20. The number of hydrogen-bond donors (Lipinski definition) is 1. The van der Waals surface area contributed by atoms with E-state index in [-0.39, 0.29) is 5.91 Å². The third-order valence-corrected chi connectivity index (χ3v) is 8.32. The predicted octanol–water partition coefficient (Wildman–Crippen LogP) is 5.27. The van der Waals surface area contributed by atoms with E-state index in [1.54, 1.807) is 6.26 Å². The van der Waals surface area contributed by atoms with Gasteiger partial charge in [-0.1, -0.05) is 36.4 Å². The van der Waals surface area contributed by atoms with Crippen molar-refractivity contribution in [2.75, 3.05) is 19.6 Å². The maximum Gasteiger partial charge on any atom is 0.270 e. The smallest absolute Gasteiger partial charge is 0.270 e. The number of hydrogen-bond acceptors (Lipinski definition) is 8. The van der Waals surface area contributed by atoms with Gasteiger partial charge in [-0.2, -0.15) is 0 Å². The molecule has 1 N–H and O–H groups in total. The Labute approximate surface area is 219 Å². The molecule has 5 rings (SSSR count). The van der Waals surface area contributed by atoms with Crippen molar-refractivity contribution >= 4 is 29.0 Å². The molecule has 0 radical (unpaired) electrons. The Morgan fingerprint density at radius 2 is 2.08 bits per heavy atom. The second kappa shape index (κ2) is 11.9. The molecule has 8 nitrogen and oxygen atoms in total. The van der Waals surface area contributed by atoms with E-state index in [1.165, 1.54) is 48.9 Å². The number of thioether (sulfide) groups is 1. The highest BCUT2D eigenvalue weighted by molar-refractivity contribution is 7.98. The standard InChI is InChI=1S/C26H30N6O2S2/c1-19-9-5-6-14-31(19)15-8-13-27-25(33)21-17-35-23(28-21)18-36-26-30-29-24(22-12-7-16-34-22)32(26)20-10-3-2-4-11-20/h2-4,7,10-12,16-17,19H,5-6,8-9,13-15,18H2,1H3,(H,27,33). The molecule has 0 aliphatic carbocycles. The molecule has 0 bridgehead atoms. The van der Waals surface area contributed by atoms with Gasteiger partial charge in [-0.05, 0) is 57.0 Å². The van der Waals surface area contributed by atoms with Crippen LogP contribution in [0.25, 0.3) is 17.3 Å². The number of benzene rings is 1. The second-order valence-corrected chi connectivity index (χ2v) is 10.7. The van der Waals surface area contributed by atoms with Gasteiger partial charge in [0, 0.05) is 30.2 Å². The summed E-state index contributed by atoms with van der Waals surface area (Å²) < 4.78 is 7.56. The highest BCUT2D eigenvalue weighted by atomic mass is 32.2. The molecular formula is C26H30N6O2S2. The van der Waals surface area contributed by atoms with E-state index in [2.05, 4.69) is 32.3 Å². The van der Waals surface area contributed by atoms with Gasteiger partial charge in [0.1, 0.15) is 10.7 Å². The molecule has 1 unspecified atom stereocenters. The summed E-state index contributed by atoms with van der Waals surface area (Å²) in [5.74, 6) is 1.78. The number of carbonyl (C=O) groups excluding carboxylic acids is 1. The maximum absolute atomic E-state index is 12.6. The SMILES string of the molecule is CC1CCCCN1CCCNC(=O)c1csc(CSc2nnc(-c3ccco3)n2-c2ccccc2)n1. The molecule has 1 aromatic carbocycles. The van der Waals surface area contributed by atoms with E-state index in [1.807, 2.05) is 52.4 Å². The van der Waals surface area contributed by atoms with Gasteiger partial charge in [-0.15, -0.1) is 21.5 Å². The zero-order chi connectivity index (χ0) is 24.7. The number of furan rings is 1. The molecule has 1 aliphatic heterocycles. The molecule has 3 aromatic heterocycles. The minimum atomic E-state index is -0.109. The summed E-state index contributed by atoms with van der Waals surface area (Å²) in [7, 11) is 0. The molecule has 1 aliphatic rings. The summed E-state index contributed by atoms with van der Waals surface area (Å²) in [6.07, 6.45) is 6.47. The van der Waals surface area contributed by atoms with Gasteiger partial charge in [-0.25, -0.2) is 4.98 Å². The summed E-state index contributed by atoms with van der Waals surface area (Å²) in [6.45, 7) is 5.16. The van der Waals surface area contributed by atoms with Crippen LogP contribution in [0, 0.1) is 0 Å². The fourth-order valence-corrected chi connectivity index (χ4v) is 6.15. The molecule has 188 valence electrons. The minimum absolute atomic E-state index is 0.109. The van der Waals surface area contributed by atoms with Crippen molar-refractivity contribution in [2.45, 2.75) is 49.6 Å². The molecule has 1 atom stereocenters. The number of aromatic nitrogens is 4.